The van der Waals surface area contributed by atoms with Gasteiger partial charge in [-0.2, -0.15) is 0 Å². The monoisotopic (exact) mass is 472 g/mol. The molecular weight excluding hydrogens is 447 g/mol. The zero-order valence-corrected chi connectivity index (χ0v) is 19.2. The van der Waals surface area contributed by atoms with Gasteiger partial charge < -0.3 is 20.1 Å². The maximum atomic E-state index is 14.7. The summed E-state index contributed by atoms with van der Waals surface area (Å²) in [5.74, 6) is -0.200. The van der Waals surface area contributed by atoms with Gasteiger partial charge in [-0.3, -0.25) is 9.69 Å². The predicted octanol–water partition coefficient (Wildman–Crippen LogP) is 4.17. The van der Waals surface area contributed by atoms with Crippen LogP contribution in [0.5, 0.6) is 11.5 Å². The maximum Gasteiger partial charge on any atom is 0.246 e. The molecule has 3 heterocycles. The third kappa shape index (κ3) is 4.41. The van der Waals surface area contributed by atoms with E-state index in [0.717, 1.165) is 11.3 Å². The van der Waals surface area contributed by atoms with Crippen LogP contribution in [-0.2, 0) is 11.3 Å². The minimum absolute atomic E-state index is 0.0568. The number of hydrogen-bond acceptors (Lipinski definition) is 6. The summed E-state index contributed by atoms with van der Waals surface area (Å²) in [7, 11) is 0. The van der Waals surface area contributed by atoms with Gasteiger partial charge in [0.15, 0.2) is 0 Å². The first-order chi connectivity index (χ1) is 15.8. The van der Waals surface area contributed by atoms with Crippen LogP contribution in [0.1, 0.15) is 18.9 Å². The number of rotatable bonds is 5. The standard InChI is InChI=1S/C24H26ClFN4O3/c1-4-14(3)27-24-16-12-29-9-10-30(19(32)5-2)11-15(29)13-33-23(16)21(25)22(28-24)20-17(26)7-6-8-18(20)31/h5-8,15,31H,2-4,9-13H2,1H3,(H,27,28)/t15-/m1/s1. The highest BCUT2D eigenvalue weighted by Crippen LogP contribution is 2.45. The Kier molecular flexibility index (Phi) is 6.58. The molecular formula is C24H26ClFN4O3. The quantitative estimate of drug-likeness (QED) is 0.636. The van der Waals surface area contributed by atoms with Gasteiger partial charge in [-0.1, -0.05) is 37.7 Å². The second kappa shape index (κ2) is 9.41. The Bertz CT molecular complexity index is 1100. The molecule has 1 saturated heterocycles. The summed E-state index contributed by atoms with van der Waals surface area (Å²) in [6.07, 6.45) is 1.97. The van der Waals surface area contributed by atoms with E-state index < -0.39 is 5.82 Å². The minimum atomic E-state index is -0.644. The van der Waals surface area contributed by atoms with Crippen molar-refractivity contribution in [2.75, 3.05) is 31.6 Å². The molecule has 33 heavy (non-hydrogen) atoms. The van der Waals surface area contributed by atoms with E-state index in [1.54, 1.807) is 4.90 Å². The topological polar surface area (TPSA) is 77.9 Å². The number of phenols is 1. The summed E-state index contributed by atoms with van der Waals surface area (Å²) < 4.78 is 20.8. The highest BCUT2D eigenvalue weighted by Gasteiger charge is 2.35. The number of aromatic nitrogens is 1. The van der Waals surface area contributed by atoms with Gasteiger partial charge in [0.2, 0.25) is 5.91 Å². The van der Waals surface area contributed by atoms with E-state index in [0.29, 0.717) is 44.2 Å². The van der Waals surface area contributed by atoms with Crippen molar-refractivity contribution in [2.45, 2.75) is 25.9 Å². The number of carbonyl (C=O) groups excluding carboxylic acids is 1. The van der Waals surface area contributed by atoms with Gasteiger partial charge in [-0.25, -0.2) is 9.37 Å². The summed E-state index contributed by atoms with van der Waals surface area (Å²) in [6.45, 7) is 12.0. The molecule has 0 saturated carbocycles. The third-order valence-electron chi connectivity index (χ3n) is 6.01. The summed E-state index contributed by atoms with van der Waals surface area (Å²) >= 11 is 6.71. The molecule has 2 N–H and O–H groups in total. The van der Waals surface area contributed by atoms with Crippen molar-refractivity contribution < 1.29 is 19.0 Å². The number of anilines is 1. The zero-order chi connectivity index (χ0) is 23.7. The average molecular weight is 473 g/mol. The molecule has 0 bridgehead atoms. The summed E-state index contributed by atoms with van der Waals surface area (Å²) in [4.78, 5) is 20.7. The van der Waals surface area contributed by atoms with Gasteiger partial charge in [0.25, 0.3) is 0 Å². The molecule has 0 spiro atoms. The number of nitrogens with zero attached hydrogens (tertiary/aromatic N) is 3. The molecule has 4 rings (SSSR count). The molecule has 1 atom stereocenters. The van der Waals surface area contributed by atoms with Crippen molar-refractivity contribution in [1.29, 1.82) is 0 Å². The van der Waals surface area contributed by atoms with E-state index >= 15 is 0 Å². The van der Waals surface area contributed by atoms with Crippen LogP contribution in [0.25, 0.3) is 11.3 Å². The fraction of sp³-hybridized carbons (Fsp3) is 0.333. The molecule has 0 unspecified atom stereocenters. The fourth-order valence-corrected chi connectivity index (χ4v) is 4.42. The van der Waals surface area contributed by atoms with Crippen molar-refractivity contribution in [1.82, 2.24) is 14.8 Å². The number of pyridine rings is 1. The van der Waals surface area contributed by atoms with E-state index in [1.807, 2.05) is 6.92 Å². The van der Waals surface area contributed by atoms with Crippen LogP contribution in [0, 0.1) is 5.82 Å². The predicted molar refractivity (Wildman–Crippen MR) is 126 cm³/mol. The maximum absolute atomic E-state index is 14.7. The van der Waals surface area contributed by atoms with E-state index in [1.165, 1.54) is 24.3 Å². The molecule has 1 aromatic carbocycles. The Labute approximate surface area is 197 Å². The Balaban J connectivity index is 1.79. The van der Waals surface area contributed by atoms with Gasteiger partial charge in [0.05, 0.1) is 17.2 Å². The first kappa shape index (κ1) is 23.1. The van der Waals surface area contributed by atoms with Crippen molar-refractivity contribution in [3.63, 3.8) is 0 Å². The normalized spacial score (nSPS) is 17.9. The minimum Gasteiger partial charge on any atom is -0.507 e. The number of fused-ring (bicyclic) bond motifs is 2. The lowest BCUT2D eigenvalue weighted by Crippen LogP contribution is -2.55. The van der Waals surface area contributed by atoms with Gasteiger partial charge in [0, 0.05) is 31.9 Å². The molecule has 9 heteroatoms. The number of aromatic hydroxyl groups is 1. The SMILES string of the molecule is C=CC(=O)N1CCN2Cc3c(NC(=C)CC)nc(-c4c(O)cccc4F)c(Cl)c3OC[C@H]2C1. The molecule has 174 valence electrons. The number of halogens is 2. The first-order valence-electron chi connectivity index (χ1n) is 10.8. The molecule has 0 radical (unpaired) electrons. The number of allylic oxidation sites excluding steroid dienone is 1. The van der Waals surface area contributed by atoms with E-state index in [9.17, 15) is 14.3 Å². The summed E-state index contributed by atoms with van der Waals surface area (Å²) in [6, 6.07) is 3.97. The Morgan fingerprint density at radius 1 is 1.45 bits per heavy atom. The second-order valence-electron chi connectivity index (χ2n) is 8.07. The van der Waals surface area contributed by atoms with Crippen molar-refractivity contribution >= 4 is 23.3 Å². The van der Waals surface area contributed by atoms with Gasteiger partial charge in [0.1, 0.15) is 40.5 Å². The van der Waals surface area contributed by atoms with Crippen LogP contribution in [0.15, 0.2) is 43.1 Å². The Morgan fingerprint density at radius 2 is 2.24 bits per heavy atom. The van der Waals surface area contributed by atoms with Crippen molar-refractivity contribution in [3.8, 4) is 22.8 Å². The van der Waals surface area contributed by atoms with Crippen LogP contribution in [0.4, 0.5) is 10.2 Å². The molecule has 2 aromatic rings. The number of benzene rings is 1. The van der Waals surface area contributed by atoms with E-state index in [-0.39, 0.29) is 40.6 Å². The fourth-order valence-electron chi connectivity index (χ4n) is 4.12. The number of nitrogens with one attached hydrogen (secondary N) is 1. The van der Waals surface area contributed by atoms with Crippen LogP contribution < -0.4 is 10.1 Å². The zero-order valence-electron chi connectivity index (χ0n) is 18.4. The van der Waals surface area contributed by atoms with Crippen LogP contribution in [0.2, 0.25) is 5.02 Å². The first-order valence-corrected chi connectivity index (χ1v) is 11.1. The molecule has 1 amide bonds. The van der Waals surface area contributed by atoms with Crippen molar-refractivity contribution in [2.24, 2.45) is 0 Å². The molecule has 2 aliphatic rings. The molecule has 1 fully saturated rings. The van der Waals surface area contributed by atoms with E-state index in [2.05, 4.69) is 28.4 Å². The number of phenolic OH excluding ortho intramolecular Hbond substituents is 1. The largest absolute Gasteiger partial charge is 0.507 e. The van der Waals surface area contributed by atoms with Crippen LogP contribution in [0.3, 0.4) is 0 Å². The summed E-state index contributed by atoms with van der Waals surface area (Å²) in [5, 5.41) is 13.7. The average Bonchev–Trinajstić information content (AvgIpc) is 3.00. The smallest absolute Gasteiger partial charge is 0.246 e. The van der Waals surface area contributed by atoms with Gasteiger partial charge in [-0.15, -0.1) is 0 Å². The molecule has 7 nitrogen and oxygen atoms in total. The Morgan fingerprint density at radius 3 is 2.94 bits per heavy atom. The number of hydrogen-bond donors (Lipinski definition) is 2. The lowest BCUT2D eigenvalue weighted by Gasteiger charge is -2.39. The number of amides is 1. The second-order valence-corrected chi connectivity index (χ2v) is 8.45. The third-order valence-corrected chi connectivity index (χ3v) is 6.36. The van der Waals surface area contributed by atoms with Crippen LogP contribution >= 0.6 is 11.6 Å². The molecule has 0 aliphatic carbocycles. The lowest BCUT2D eigenvalue weighted by molar-refractivity contribution is -0.129. The highest BCUT2D eigenvalue weighted by atomic mass is 35.5. The Hall–Kier alpha value is -3.10. The summed E-state index contributed by atoms with van der Waals surface area (Å²) in [5.41, 5.74) is 1.43. The number of carbonyl (C=O) groups is 1. The molecule has 2 aliphatic heterocycles. The highest BCUT2D eigenvalue weighted by molar-refractivity contribution is 6.35. The lowest BCUT2D eigenvalue weighted by atomic mass is 10.1. The number of piperazine rings is 1. The molecule has 1 aromatic heterocycles. The van der Waals surface area contributed by atoms with E-state index in [4.69, 9.17) is 16.3 Å². The number of ether oxygens (including phenoxy) is 1. The van der Waals surface area contributed by atoms with Gasteiger partial charge >= 0.3 is 0 Å². The van der Waals surface area contributed by atoms with Crippen LogP contribution in [-0.4, -0.2) is 58.1 Å². The van der Waals surface area contributed by atoms with Crippen molar-refractivity contribution in [3.05, 3.63) is 59.5 Å². The van der Waals surface area contributed by atoms with Gasteiger partial charge in [-0.05, 0) is 24.6 Å².